The average molecular weight is 312 g/mol. The number of fused-ring (bicyclic) bond motifs is 1. The number of hydrogen-bond donors (Lipinski definition) is 0. The van der Waals surface area contributed by atoms with Gasteiger partial charge in [0.1, 0.15) is 23.3 Å². The van der Waals surface area contributed by atoms with Crippen molar-refractivity contribution in [3.05, 3.63) is 70.6 Å². The molecule has 3 aromatic rings. The van der Waals surface area contributed by atoms with Crippen molar-refractivity contribution < 1.29 is 18.6 Å². The first-order valence-corrected chi connectivity index (χ1v) is 7.07. The molecule has 3 rings (SSSR count). The highest BCUT2D eigenvalue weighted by Crippen LogP contribution is 2.25. The van der Waals surface area contributed by atoms with E-state index in [9.17, 15) is 4.79 Å². The van der Waals surface area contributed by atoms with E-state index in [0.717, 1.165) is 0 Å². The monoisotopic (exact) mass is 312 g/mol. The van der Waals surface area contributed by atoms with E-state index < -0.39 is 6.29 Å². The summed E-state index contributed by atoms with van der Waals surface area (Å²) in [5, 5.41) is 0.446. The van der Waals surface area contributed by atoms with Crippen LogP contribution in [0.2, 0.25) is 0 Å². The van der Waals surface area contributed by atoms with Gasteiger partial charge in [-0.15, -0.1) is 0 Å². The molecule has 0 fully saturated rings. The van der Waals surface area contributed by atoms with E-state index in [0.29, 0.717) is 28.0 Å². The molecule has 1 aromatic heterocycles. The lowest BCUT2D eigenvalue weighted by Crippen LogP contribution is -2.16. The Morgan fingerprint density at radius 1 is 0.957 bits per heavy atom. The maximum absolute atomic E-state index is 12.5. The van der Waals surface area contributed by atoms with Crippen LogP contribution in [0.1, 0.15) is 11.9 Å². The van der Waals surface area contributed by atoms with Gasteiger partial charge in [0.2, 0.25) is 5.43 Å². The van der Waals surface area contributed by atoms with Crippen molar-refractivity contribution in [2.24, 2.45) is 0 Å². The Labute approximate surface area is 133 Å². The fourth-order valence-electron chi connectivity index (χ4n) is 2.32. The van der Waals surface area contributed by atoms with E-state index >= 15 is 0 Å². The SMILES string of the molecule is COC(OC)c1coc2cc(Oc3ccccc3)ccc2c1=O. The molecule has 0 radical (unpaired) electrons. The Balaban J connectivity index is 1.99. The van der Waals surface area contributed by atoms with Crippen molar-refractivity contribution in [3.8, 4) is 11.5 Å². The number of ether oxygens (including phenoxy) is 3. The van der Waals surface area contributed by atoms with Gasteiger partial charge in [-0.1, -0.05) is 18.2 Å². The van der Waals surface area contributed by atoms with Crippen LogP contribution in [-0.2, 0) is 9.47 Å². The van der Waals surface area contributed by atoms with Crippen LogP contribution in [0.5, 0.6) is 11.5 Å². The summed E-state index contributed by atoms with van der Waals surface area (Å²) in [7, 11) is 2.93. The number of methoxy groups -OCH3 is 2. The van der Waals surface area contributed by atoms with Crippen LogP contribution in [0.25, 0.3) is 11.0 Å². The second kappa shape index (κ2) is 6.64. The quantitative estimate of drug-likeness (QED) is 0.669. The van der Waals surface area contributed by atoms with E-state index in [-0.39, 0.29) is 5.43 Å². The summed E-state index contributed by atoms with van der Waals surface area (Å²) >= 11 is 0. The minimum atomic E-state index is -0.754. The van der Waals surface area contributed by atoms with Crippen LogP contribution < -0.4 is 10.2 Å². The fraction of sp³-hybridized carbons (Fsp3) is 0.167. The summed E-state index contributed by atoms with van der Waals surface area (Å²) in [6.07, 6.45) is 0.602. The standard InChI is InChI=1S/C18H16O5/c1-20-18(21-2)15-11-22-16-10-13(8-9-14(16)17(15)19)23-12-6-4-3-5-7-12/h3-11,18H,1-2H3. The van der Waals surface area contributed by atoms with Crippen molar-refractivity contribution in [2.75, 3.05) is 14.2 Å². The Hall–Kier alpha value is -2.63. The third-order valence-corrected chi connectivity index (χ3v) is 3.43. The molecule has 2 aromatic carbocycles. The first-order valence-electron chi connectivity index (χ1n) is 7.07. The number of para-hydroxylation sites is 1. The van der Waals surface area contributed by atoms with Crippen LogP contribution >= 0.6 is 0 Å². The van der Waals surface area contributed by atoms with Gasteiger partial charge in [-0.2, -0.15) is 0 Å². The lowest BCUT2D eigenvalue weighted by molar-refractivity contribution is -0.107. The van der Waals surface area contributed by atoms with Gasteiger partial charge in [-0.3, -0.25) is 4.79 Å². The van der Waals surface area contributed by atoms with Crippen LogP contribution in [0.3, 0.4) is 0 Å². The first-order chi connectivity index (χ1) is 11.2. The van der Waals surface area contributed by atoms with Crippen molar-refractivity contribution in [3.63, 3.8) is 0 Å². The van der Waals surface area contributed by atoms with Gasteiger partial charge in [0.15, 0.2) is 6.29 Å². The third-order valence-electron chi connectivity index (χ3n) is 3.43. The molecule has 5 heteroatoms. The molecule has 0 aliphatic carbocycles. The van der Waals surface area contributed by atoms with E-state index in [4.69, 9.17) is 18.6 Å². The zero-order valence-corrected chi connectivity index (χ0v) is 12.8. The average Bonchev–Trinajstić information content (AvgIpc) is 2.59. The highest BCUT2D eigenvalue weighted by Gasteiger charge is 2.17. The van der Waals surface area contributed by atoms with Gasteiger partial charge in [-0.25, -0.2) is 0 Å². The van der Waals surface area contributed by atoms with Crippen LogP contribution in [0.15, 0.2) is 64.0 Å². The van der Waals surface area contributed by atoms with Crippen molar-refractivity contribution >= 4 is 11.0 Å². The van der Waals surface area contributed by atoms with Crippen LogP contribution in [-0.4, -0.2) is 14.2 Å². The highest BCUT2D eigenvalue weighted by molar-refractivity contribution is 5.78. The molecule has 23 heavy (non-hydrogen) atoms. The van der Waals surface area contributed by atoms with E-state index in [2.05, 4.69) is 0 Å². The van der Waals surface area contributed by atoms with E-state index in [1.165, 1.54) is 20.5 Å². The first kappa shape index (κ1) is 15.3. The zero-order chi connectivity index (χ0) is 16.2. The van der Waals surface area contributed by atoms with Gasteiger partial charge in [0.05, 0.1) is 10.9 Å². The topological polar surface area (TPSA) is 57.9 Å². The Morgan fingerprint density at radius 2 is 1.70 bits per heavy atom. The third kappa shape index (κ3) is 3.11. The fourth-order valence-corrected chi connectivity index (χ4v) is 2.32. The summed E-state index contributed by atoms with van der Waals surface area (Å²) in [6, 6.07) is 14.5. The zero-order valence-electron chi connectivity index (χ0n) is 12.8. The largest absolute Gasteiger partial charge is 0.463 e. The summed E-state index contributed by atoms with van der Waals surface area (Å²) in [6.45, 7) is 0. The molecule has 0 bridgehead atoms. The molecular weight excluding hydrogens is 296 g/mol. The molecular formula is C18H16O5. The maximum Gasteiger partial charge on any atom is 0.200 e. The van der Waals surface area contributed by atoms with Crippen molar-refractivity contribution in [1.82, 2.24) is 0 Å². The Bertz CT molecular complexity index is 850. The normalized spacial score (nSPS) is 11.1. The van der Waals surface area contributed by atoms with Gasteiger partial charge in [0, 0.05) is 20.3 Å². The molecule has 0 saturated heterocycles. The lowest BCUT2D eigenvalue weighted by atomic mass is 10.1. The summed E-state index contributed by atoms with van der Waals surface area (Å²) in [5.74, 6) is 1.30. The number of hydrogen-bond acceptors (Lipinski definition) is 5. The molecule has 0 aliphatic heterocycles. The second-order valence-electron chi connectivity index (χ2n) is 4.90. The Morgan fingerprint density at radius 3 is 2.39 bits per heavy atom. The second-order valence-corrected chi connectivity index (χ2v) is 4.90. The maximum atomic E-state index is 12.5. The molecule has 1 heterocycles. The van der Waals surface area contributed by atoms with Gasteiger partial charge < -0.3 is 18.6 Å². The van der Waals surface area contributed by atoms with Crippen LogP contribution in [0.4, 0.5) is 0 Å². The molecule has 118 valence electrons. The van der Waals surface area contributed by atoms with Gasteiger partial charge in [0.25, 0.3) is 0 Å². The van der Waals surface area contributed by atoms with E-state index in [1.54, 1.807) is 18.2 Å². The summed E-state index contributed by atoms with van der Waals surface area (Å²) < 4.78 is 21.5. The molecule has 0 saturated carbocycles. The molecule has 5 nitrogen and oxygen atoms in total. The molecule has 0 N–H and O–H groups in total. The van der Waals surface area contributed by atoms with Crippen molar-refractivity contribution in [1.29, 1.82) is 0 Å². The smallest absolute Gasteiger partial charge is 0.200 e. The van der Waals surface area contributed by atoms with E-state index in [1.807, 2.05) is 30.3 Å². The molecule has 0 aliphatic rings. The molecule has 0 atom stereocenters. The molecule has 0 amide bonds. The minimum Gasteiger partial charge on any atom is -0.463 e. The summed E-state index contributed by atoms with van der Waals surface area (Å²) in [4.78, 5) is 12.5. The van der Waals surface area contributed by atoms with Gasteiger partial charge in [-0.05, 0) is 24.3 Å². The summed E-state index contributed by atoms with van der Waals surface area (Å²) in [5.41, 5.74) is 0.573. The molecule has 0 unspecified atom stereocenters. The highest BCUT2D eigenvalue weighted by atomic mass is 16.7. The Kier molecular flexibility index (Phi) is 4.41. The molecule has 0 spiro atoms. The predicted octanol–water partition coefficient (Wildman–Crippen LogP) is 3.88. The minimum absolute atomic E-state index is 0.189. The lowest BCUT2D eigenvalue weighted by Gasteiger charge is -2.13. The number of rotatable bonds is 5. The van der Waals surface area contributed by atoms with Crippen LogP contribution in [0, 0.1) is 0 Å². The predicted molar refractivity (Wildman–Crippen MR) is 85.8 cm³/mol. The number of benzene rings is 2. The van der Waals surface area contributed by atoms with Gasteiger partial charge >= 0.3 is 0 Å². The van der Waals surface area contributed by atoms with Crippen molar-refractivity contribution in [2.45, 2.75) is 6.29 Å².